The van der Waals surface area contributed by atoms with Gasteiger partial charge in [-0.05, 0) is 24.3 Å². The molecule has 17 heavy (non-hydrogen) atoms. The summed E-state index contributed by atoms with van der Waals surface area (Å²) < 4.78 is 23.3. The van der Waals surface area contributed by atoms with Gasteiger partial charge in [-0.25, -0.2) is 9.18 Å². The maximum absolute atomic E-state index is 12.7. The van der Waals surface area contributed by atoms with Crippen LogP contribution in [0.1, 0.15) is 0 Å². The smallest absolute Gasteiger partial charge is 0.405 e. The predicted molar refractivity (Wildman–Crippen MR) is 56.6 cm³/mol. The van der Waals surface area contributed by atoms with Gasteiger partial charge in [0.2, 0.25) is 0 Å². The average molecular weight is 241 g/mol. The first kappa shape index (κ1) is 11.7. The Balaban J connectivity index is 1.97. The normalized spacial score (nSPS) is 23.4. The lowest BCUT2D eigenvalue weighted by atomic mass is 10.2. The van der Waals surface area contributed by atoms with E-state index in [0.29, 0.717) is 12.4 Å². The summed E-state index contributed by atoms with van der Waals surface area (Å²) in [5.41, 5.74) is 0. The molecular weight excluding hydrogens is 229 g/mol. The van der Waals surface area contributed by atoms with E-state index in [4.69, 9.17) is 14.6 Å². The lowest BCUT2D eigenvalue weighted by Crippen LogP contribution is -2.44. The summed E-state index contributed by atoms with van der Waals surface area (Å²) >= 11 is 0. The van der Waals surface area contributed by atoms with Crippen LogP contribution >= 0.6 is 0 Å². The van der Waals surface area contributed by atoms with Crippen LogP contribution in [0.2, 0.25) is 0 Å². The zero-order valence-corrected chi connectivity index (χ0v) is 8.93. The van der Waals surface area contributed by atoms with E-state index < -0.39 is 18.2 Å². The van der Waals surface area contributed by atoms with Gasteiger partial charge < -0.3 is 19.9 Å². The van der Waals surface area contributed by atoms with Crippen LogP contribution in [0.5, 0.6) is 5.75 Å². The minimum absolute atomic E-state index is 0.276. The second kappa shape index (κ2) is 5.01. The molecule has 2 atom stereocenters. The molecule has 1 heterocycles. The third kappa shape index (κ3) is 3.07. The van der Waals surface area contributed by atoms with Crippen molar-refractivity contribution < 1.29 is 23.8 Å². The van der Waals surface area contributed by atoms with E-state index in [1.54, 1.807) is 0 Å². The summed E-state index contributed by atoms with van der Waals surface area (Å²) in [4.78, 5) is 10.5. The van der Waals surface area contributed by atoms with Gasteiger partial charge in [-0.3, -0.25) is 0 Å². The third-order valence-electron chi connectivity index (χ3n) is 2.44. The lowest BCUT2D eigenvalue weighted by Gasteiger charge is -2.19. The van der Waals surface area contributed by atoms with Crippen LogP contribution in [0.25, 0.3) is 0 Å². The van der Waals surface area contributed by atoms with Gasteiger partial charge >= 0.3 is 6.09 Å². The molecule has 1 aromatic rings. The standard InChI is InChI=1S/C11H12FNO4/c12-7-1-3-8(4-2-7)17-10-6-16-5-9(10)13-11(14)15/h1-4,9-10,13H,5-6H2,(H,14,15)/t9-,10-/m1/s1. The van der Waals surface area contributed by atoms with E-state index in [-0.39, 0.29) is 12.4 Å². The highest BCUT2D eigenvalue weighted by Gasteiger charge is 2.31. The van der Waals surface area contributed by atoms with Crippen molar-refractivity contribution in [2.75, 3.05) is 13.2 Å². The Kier molecular flexibility index (Phi) is 3.43. The molecule has 0 aliphatic carbocycles. The highest BCUT2D eigenvalue weighted by atomic mass is 19.1. The molecule has 1 aromatic carbocycles. The highest BCUT2D eigenvalue weighted by Crippen LogP contribution is 2.17. The van der Waals surface area contributed by atoms with Crippen LogP contribution in [0.15, 0.2) is 24.3 Å². The summed E-state index contributed by atoms with van der Waals surface area (Å²) in [5.74, 6) is 0.138. The fourth-order valence-corrected chi connectivity index (χ4v) is 1.63. The number of ether oxygens (including phenoxy) is 2. The molecule has 0 radical (unpaired) electrons. The van der Waals surface area contributed by atoms with Crippen molar-refractivity contribution in [3.8, 4) is 5.75 Å². The molecule has 5 nitrogen and oxygen atoms in total. The molecule has 1 aliphatic heterocycles. The van der Waals surface area contributed by atoms with E-state index in [1.165, 1.54) is 24.3 Å². The molecule has 0 bridgehead atoms. The Morgan fingerprint density at radius 3 is 2.76 bits per heavy atom. The molecule has 92 valence electrons. The number of halogens is 1. The Hall–Kier alpha value is -1.82. The summed E-state index contributed by atoms with van der Waals surface area (Å²) in [6, 6.07) is 5.14. The Labute approximate surface area is 97.1 Å². The Bertz CT molecular complexity index is 395. The lowest BCUT2D eigenvalue weighted by molar-refractivity contribution is 0.138. The summed E-state index contributed by atoms with van der Waals surface area (Å²) in [6.07, 6.45) is -1.51. The molecule has 6 heteroatoms. The van der Waals surface area contributed by atoms with Crippen molar-refractivity contribution in [3.63, 3.8) is 0 Å². The number of benzene rings is 1. The van der Waals surface area contributed by atoms with E-state index in [2.05, 4.69) is 5.32 Å². The first-order chi connectivity index (χ1) is 8.15. The van der Waals surface area contributed by atoms with Crippen molar-refractivity contribution >= 4 is 6.09 Å². The van der Waals surface area contributed by atoms with Gasteiger partial charge in [-0.2, -0.15) is 0 Å². The third-order valence-corrected chi connectivity index (χ3v) is 2.44. The molecule has 0 unspecified atom stereocenters. The Morgan fingerprint density at radius 2 is 2.12 bits per heavy atom. The number of carbonyl (C=O) groups is 1. The van der Waals surface area contributed by atoms with Gasteiger partial charge in [-0.15, -0.1) is 0 Å². The largest absolute Gasteiger partial charge is 0.486 e. The van der Waals surface area contributed by atoms with Gasteiger partial charge in [0.15, 0.2) is 0 Å². The molecule has 0 saturated carbocycles. The van der Waals surface area contributed by atoms with Crippen molar-refractivity contribution in [1.29, 1.82) is 0 Å². The minimum Gasteiger partial charge on any atom is -0.486 e. The molecule has 0 spiro atoms. The first-order valence-corrected chi connectivity index (χ1v) is 5.14. The van der Waals surface area contributed by atoms with Gasteiger partial charge in [0, 0.05) is 0 Å². The van der Waals surface area contributed by atoms with Crippen LogP contribution in [0.4, 0.5) is 9.18 Å². The van der Waals surface area contributed by atoms with Crippen LogP contribution in [-0.4, -0.2) is 36.6 Å². The molecule has 1 saturated heterocycles. The maximum atomic E-state index is 12.7. The van der Waals surface area contributed by atoms with Gasteiger partial charge in [0.25, 0.3) is 0 Å². The number of hydrogen-bond donors (Lipinski definition) is 2. The molecule has 1 fully saturated rings. The predicted octanol–water partition coefficient (Wildman–Crippen LogP) is 1.24. The number of nitrogens with one attached hydrogen (secondary N) is 1. The van der Waals surface area contributed by atoms with Crippen molar-refractivity contribution in [2.45, 2.75) is 12.1 Å². The molecule has 1 amide bonds. The fourth-order valence-electron chi connectivity index (χ4n) is 1.63. The topological polar surface area (TPSA) is 67.8 Å². The van der Waals surface area contributed by atoms with E-state index in [0.717, 1.165) is 0 Å². The minimum atomic E-state index is -1.12. The van der Waals surface area contributed by atoms with E-state index in [1.807, 2.05) is 0 Å². The van der Waals surface area contributed by atoms with Gasteiger partial charge in [0.05, 0.1) is 19.3 Å². The van der Waals surface area contributed by atoms with Crippen molar-refractivity contribution in [3.05, 3.63) is 30.1 Å². The summed E-state index contributed by atoms with van der Waals surface area (Å²) in [5, 5.41) is 10.9. The molecular formula is C11H12FNO4. The Morgan fingerprint density at radius 1 is 1.41 bits per heavy atom. The first-order valence-electron chi connectivity index (χ1n) is 5.14. The van der Waals surface area contributed by atoms with Crippen molar-refractivity contribution in [2.24, 2.45) is 0 Å². The van der Waals surface area contributed by atoms with Crippen LogP contribution < -0.4 is 10.1 Å². The second-order valence-corrected chi connectivity index (χ2v) is 3.70. The number of rotatable bonds is 3. The number of amides is 1. The van der Waals surface area contributed by atoms with Crippen LogP contribution in [0.3, 0.4) is 0 Å². The average Bonchev–Trinajstić information content (AvgIpc) is 2.68. The maximum Gasteiger partial charge on any atom is 0.405 e. The zero-order chi connectivity index (χ0) is 12.3. The van der Waals surface area contributed by atoms with Crippen LogP contribution in [-0.2, 0) is 4.74 Å². The molecule has 0 aromatic heterocycles. The summed E-state index contributed by atoms with van der Waals surface area (Å²) in [6.45, 7) is 0.584. The van der Waals surface area contributed by atoms with Gasteiger partial charge in [-0.1, -0.05) is 0 Å². The van der Waals surface area contributed by atoms with Crippen molar-refractivity contribution in [1.82, 2.24) is 5.32 Å². The second-order valence-electron chi connectivity index (χ2n) is 3.70. The monoisotopic (exact) mass is 241 g/mol. The SMILES string of the molecule is O=C(O)N[C@@H]1COC[C@H]1Oc1ccc(F)cc1. The zero-order valence-electron chi connectivity index (χ0n) is 8.93. The number of carboxylic acid groups (broad SMARTS) is 1. The quantitative estimate of drug-likeness (QED) is 0.835. The number of hydrogen-bond acceptors (Lipinski definition) is 3. The molecule has 2 rings (SSSR count). The summed E-state index contributed by atoms with van der Waals surface area (Å²) in [7, 11) is 0. The van der Waals surface area contributed by atoms with E-state index in [9.17, 15) is 9.18 Å². The fraction of sp³-hybridized carbons (Fsp3) is 0.364. The molecule has 1 aliphatic rings. The van der Waals surface area contributed by atoms with Gasteiger partial charge in [0.1, 0.15) is 17.7 Å². The highest BCUT2D eigenvalue weighted by molar-refractivity contribution is 5.65. The molecule has 2 N–H and O–H groups in total. The van der Waals surface area contributed by atoms with Crippen LogP contribution in [0, 0.1) is 5.82 Å². The van der Waals surface area contributed by atoms with E-state index >= 15 is 0 Å².